The van der Waals surface area contributed by atoms with Gasteiger partial charge in [-0.1, -0.05) is 48.0 Å². The first-order chi connectivity index (χ1) is 17.8. The number of carbonyl (C=O) groups is 3. The molecule has 10 heteroatoms. The molecule has 1 saturated heterocycles. The second-order valence-electron chi connectivity index (χ2n) is 7.95. The van der Waals surface area contributed by atoms with Crippen molar-refractivity contribution in [2.24, 2.45) is 0 Å². The molecule has 1 aliphatic heterocycles. The van der Waals surface area contributed by atoms with Crippen molar-refractivity contribution in [2.75, 3.05) is 25.1 Å². The van der Waals surface area contributed by atoms with Gasteiger partial charge in [0.2, 0.25) is 0 Å². The summed E-state index contributed by atoms with van der Waals surface area (Å²) in [5.74, 6) is 0.299. The number of amides is 3. The van der Waals surface area contributed by atoms with Crippen molar-refractivity contribution < 1.29 is 23.9 Å². The Morgan fingerprint density at radius 2 is 1.81 bits per heavy atom. The molecule has 0 aliphatic carbocycles. The van der Waals surface area contributed by atoms with Gasteiger partial charge in [0.05, 0.1) is 20.9 Å². The number of nitrogens with one attached hydrogen (secondary N) is 1. The number of carbonyl (C=O) groups excluding carboxylic acids is 3. The summed E-state index contributed by atoms with van der Waals surface area (Å²) in [6.45, 7) is 1.98. The van der Waals surface area contributed by atoms with Crippen LogP contribution in [0.15, 0.2) is 76.1 Å². The molecule has 0 spiro atoms. The van der Waals surface area contributed by atoms with Gasteiger partial charge in [-0.2, -0.15) is 0 Å². The molecule has 4 rings (SSSR count). The minimum absolute atomic E-state index is 0.105. The van der Waals surface area contributed by atoms with Gasteiger partial charge in [0.1, 0.15) is 18.1 Å². The molecule has 3 amide bonds. The quantitative estimate of drug-likeness (QED) is 0.280. The van der Waals surface area contributed by atoms with Gasteiger partial charge in [-0.05, 0) is 82.2 Å². The van der Waals surface area contributed by atoms with Crippen LogP contribution in [-0.2, 0) is 9.59 Å². The van der Waals surface area contributed by atoms with Crippen molar-refractivity contribution in [1.82, 2.24) is 4.90 Å². The number of nitrogens with zero attached hydrogens (tertiary/aromatic N) is 1. The zero-order valence-electron chi connectivity index (χ0n) is 19.7. The average Bonchev–Trinajstić information content (AvgIpc) is 3.13. The minimum atomic E-state index is -0.387. The zero-order valence-corrected chi connectivity index (χ0v) is 22.9. The number of thioether (sulfide) groups is 1. The summed E-state index contributed by atoms with van der Waals surface area (Å²) in [6.07, 6.45) is 1.64. The van der Waals surface area contributed by atoms with Crippen LogP contribution in [-0.4, -0.2) is 41.7 Å². The van der Waals surface area contributed by atoms with E-state index in [1.54, 1.807) is 48.5 Å². The summed E-state index contributed by atoms with van der Waals surface area (Å²) in [6, 6.07) is 19.7. The van der Waals surface area contributed by atoms with Crippen LogP contribution in [0.2, 0.25) is 5.02 Å². The van der Waals surface area contributed by atoms with Crippen LogP contribution in [0.25, 0.3) is 6.08 Å². The first kappa shape index (κ1) is 26.8. The highest BCUT2D eigenvalue weighted by molar-refractivity contribution is 9.10. The molecule has 37 heavy (non-hydrogen) atoms. The Morgan fingerprint density at radius 3 is 2.57 bits per heavy atom. The van der Waals surface area contributed by atoms with Crippen LogP contribution in [0.4, 0.5) is 10.5 Å². The van der Waals surface area contributed by atoms with Crippen LogP contribution in [0.1, 0.15) is 11.1 Å². The predicted octanol–water partition coefficient (Wildman–Crippen LogP) is 6.54. The second kappa shape index (κ2) is 12.3. The van der Waals surface area contributed by atoms with E-state index in [1.165, 1.54) is 0 Å². The molecule has 0 atom stereocenters. The molecule has 1 fully saturated rings. The third-order valence-electron chi connectivity index (χ3n) is 5.31. The highest BCUT2D eigenvalue weighted by Crippen LogP contribution is 2.34. The van der Waals surface area contributed by atoms with E-state index in [0.29, 0.717) is 31.5 Å². The summed E-state index contributed by atoms with van der Waals surface area (Å²) >= 11 is 10.4. The van der Waals surface area contributed by atoms with E-state index in [4.69, 9.17) is 21.1 Å². The first-order valence-corrected chi connectivity index (χ1v) is 13.2. The molecule has 1 aliphatic rings. The van der Waals surface area contributed by atoms with E-state index in [9.17, 15) is 14.4 Å². The SMILES string of the molecule is Cc1ccccc1NC(=O)COc1ccc(/C=C2\SC(=O)N(CCOc3ccccc3Cl)C2=O)cc1Br. The minimum Gasteiger partial charge on any atom is -0.490 e. The maximum Gasteiger partial charge on any atom is 0.293 e. The first-order valence-electron chi connectivity index (χ1n) is 11.2. The van der Waals surface area contributed by atoms with Crippen molar-refractivity contribution >= 4 is 68.1 Å². The number of ether oxygens (including phenoxy) is 2. The summed E-state index contributed by atoms with van der Waals surface area (Å²) in [5, 5.41) is 2.91. The molecule has 3 aromatic carbocycles. The highest BCUT2D eigenvalue weighted by Gasteiger charge is 2.34. The smallest absolute Gasteiger partial charge is 0.293 e. The van der Waals surface area contributed by atoms with E-state index in [-0.39, 0.29) is 36.8 Å². The Balaban J connectivity index is 1.33. The third-order valence-corrected chi connectivity index (χ3v) is 7.15. The van der Waals surface area contributed by atoms with Gasteiger partial charge in [0.15, 0.2) is 6.61 Å². The fourth-order valence-electron chi connectivity index (χ4n) is 3.42. The molecule has 0 radical (unpaired) electrons. The van der Waals surface area contributed by atoms with Crippen LogP contribution in [0, 0.1) is 6.92 Å². The number of hydrogen-bond acceptors (Lipinski definition) is 6. The predicted molar refractivity (Wildman–Crippen MR) is 149 cm³/mol. The second-order valence-corrected chi connectivity index (χ2v) is 10.2. The molecular weight excluding hydrogens is 580 g/mol. The zero-order chi connectivity index (χ0) is 26.4. The number of benzene rings is 3. The van der Waals surface area contributed by atoms with E-state index in [1.807, 2.05) is 31.2 Å². The summed E-state index contributed by atoms with van der Waals surface area (Å²) < 4.78 is 11.9. The van der Waals surface area contributed by atoms with E-state index >= 15 is 0 Å². The molecule has 1 heterocycles. The number of hydrogen-bond donors (Lipinski definition) is 1. The lowest BCUT2D eigenvalue weighted by molar-refractivity contribution is -0.123. The monoisotopic (exact) mass is 600 g/mol. The van der Waals surface area contributed by atoms with Gasteiger partial charge in [-0.25, -0.2) is 0 Å². The molecule has 190 valence electrons. The topological polar surface area (TPSA) is 84.9 Å². The standard InChI is InChI=1S/C27H22BrClN2O5S/c1-17-6-2-4-8-21(17)30-25(32)16-36-22-11-10-18(14-19(22)28)15-24-26(33)31(27(34)37-24)12-13-35-23-9-5-3-7-20(23)29/h2-11,14-15H,12-13,16H2,1H3,(H,30,32)/b24-15-. The molecule has 0 unspecified atom stereocenters. The maximum atomic E-state index is 12.8. The van der Waals surface area contributed by atoms with Gasteiger partial charge in [0, 0.05) is 5.69 Å². The lowest BCUT2D eigenvalue weighted by Crippen LogP contribution is -2.32. The van der Waals surface area contributed by atoms with E-state index in [2.05, 4.69) is 21.2 Å². The van der Waals surface area contributed by atoms with Crippen LogP contribution >= 0.6 is 39.3 Å². The van der Waals surface area contributed by atoms with Crippen molar-refractivity contribution in [2.45, 2.75) is 6.92 Å². The largest absolute Gasteiger partial charge is 0.490 e. The van der Waals surface area contributed by atoms with Crippen LogP contribution < -0.4 is 14.8 Å². The lowest BCUT2D eigenvalue weighted by atomic mass is 10.2. The number of rotatable bonds is 9. The molecular formula is C27H22BrClN2O5S. The van der Waals surface area contributed by atoms with E-state index in [0.717, 1.165) is 27.9 Å². The number of imide groups is 1. The number of halogens is 2. The summed E-state index contributed by atoms with van der Waals surface area (Å²) in [5.41, 5.74) is 2.38. The molecule has 7 nitrogen and oxygen atoms in total. The van der Waals surface area contributed by atoms with Gasteiger partial charge >= 0.3 is 0 Å². The Hall–Kier alpha value is -3.27. The highest BCUT2D eigenvalue weighted by atomic mass is 79.9. The molecule has 0 aromatic heterocycles. The fraction of sp³-hybridized carbons (Fsp3) is 0.148. The van der Waals surface area contributed by atoms with E-state index < -0.39 is 0 Å². The van der Waals surface area contributed by atoms with Gasteiger partial charge in [-0.3, -0.25) is 19.3 Å². The molecule has 0 saturated carbocycles. The van der Waals surface area contributed by atoms with Crippen molar-refractivity contribution in [1.29, 1.82) is 0 Å². The maximum absolute atomic E-state index is 12.8. The van der Waals surface area contributed by atoms with Gasteiger partial charge in [-0.15, -0.1) is 0 Å². The van der Waals surface area contributed by atoms with Crippen LogP contribution in [0.3, 0.4) is 0 Å². The molecule has 1 N–H and O–H groups in total. The Labute approximate surface area is 231 Å². The van der Waals surface area contributed by atoms with Crippen molar-refractivity contribution in [3.05, 3.63) is 92.3 Å². The summed E-state index contributed by atoms with van der Waals surface area (Å²) in [4.78, 5) is 38.9. The van der Waals surface area contributed by atoms with Gasteiger partial charge < -0.3 is 14.8 Å². The van der Waals surface area contributed by atoms with Crippen molar-refractivity contribution in [3.8, 4) is 11.5 Å². The van der Waals surface area contributed by atoms with Gasteiger partial charge in [0.25, 0.3) is 17.1 Å². The van der Waals surface area contributed by atoms with Crippen molar-refractivity contribution in [3.63, 3.8) is 0 Å². The van der Waals surface area contributed by atoms with Crippen LogP contribution in [0.5, 0.6) is 11.5 Å². The Kier molecular flexibility index (Phi) is 8.91. The Morgan fingerprint density at radius 1 is 1.05 bits per heavy atom. The fourth-order valence-corrected chi connectivity index (χ4v) is 4.99. The normalized spacial score (nSPS) is 14.2. The number of anilines is 1. The Bertz CT molecular complexity index is 1380. The lowest BCUT2D eigenvalue weighted by Gasteiger charge is -2.13. The molecule has 0 bridgehead atoms. The molecule has 3 aromatic rings. The third kappa shape index (κ3) is 6.94. The number of para-hydroxylation sites is 2. The summed E-state index contributed by atoms with van der Waals surface area (Å²) in [7, 11) is 0. The number of aryl methyl sites for hydroxylation is 1. The average molecular weight is 602 g/mol.